The lowest BCUT2D eigenvalue weighted by Crippen LogP contribution is -2.45. The minimum Gasteiger partial charge on any atom is -0.493 e. The van der Waals surface area contributed by atoms with Crippen molar-refractivity contribution < 1.29 is 9.13 Å². The predicted molar refractivity (Wildman–Crippen MR) is 109 cm³/mol. The van der Waals surface area contributed by atoms with Crippen molar-refractivity contribution in [2.24, 2.45) is 5.92 Å². The summed E-state index contributed by atoms with van der Waals surface area (Å²) in [7, 11) is 0. The molecule has 1 saturated heterocycles. The molecule has 1 N–H and O–H groups in total. The van der Waals surface area contributed by atoms with Gasteiger partial charge in [0.25, 0.3) is 0 Å². The van der Waals surface area contributed by atoms with Crippen LogP contribution in [0.4, 0.5) is 10.2 Å². The smallest absolute Gasteiger partial charge is 0.218 e. The van der Waals surface area contributed by atoms with Crippen LogP contribution >= 0.6 is 0 Å². The molecule has 2 aliphatic heterocycles. The Bertz CT molecular complexity index is 1040. The summed E-state index contributed by atoms with van der Waals surface area (Å²) in [6.45, 7) is 5.18. The van der Waals surface area contributed by atoms with E-state index in [2.05, 4.69) is 35.1 Å². The number of halogens is 1. The van der Waals surface area contributed by atoms with Gasteiger partial charge in [-0.25, -0.2) is 24.9 Å². The van der Waals surface area contributed by atoms with Gasteiger partial charge in [0.1, 0.15) is 11.6 Å². The number of nitrogens with zero attached hydrogens (tertiary/aromatic N) is 6. The van der Waals surface area contributed by atoms with Gasteiger partial charge in [-0.05, 0) is 13.0 Å². The monoisotopic (exact) mass is 407 g/mol. The van der Waals surface area contributed by atoms with E-state index in [9.17, 15) is 4.39 Å². The molecule has 0 amide bonds. The van der Waals surface area contributed by atoms with Crippen LogP contribution in [0.5, 0.6) is 5.75 Å². The summed E-state index contributed by atoms with van der Waals surface area (Å²) in [6, 6.07) is 4.86. The third-order valence-electron chi connectivity index (χ3n) is 5.57. The molecule has 0 aromatic carbocycles. The fourth-order valence-electron chi connectivity index (χ4n) is 3.77. The van der Waals surface area contributed by atoms with Crippen LogP contribution in [0.15, 0.2) is 36.8 Å². The van der Waals surface area contributed by atoms with Gasteiger partial charge in [-0.3, -0.25) is 0 Å². The highest BCUT2D eigenvalue weighted by atomic mass is 19.1. The molecule has 8 nitrogen and oxygen atoms in total. The predicted octanol–water partition coefficient (Wildman–Crippen LogP) is 2.19. The van der Waals surface area contributed by atoms with Gasteiger partial charge in [0.15, 0.2) is 11.6 Å². The first-order chi connectivity index (χ1) is 14.7. The topological polar surface area (TPSA) is 89.0 Å². The number of rotatable bonds is 5. The van der Waals surface area contributed by atoms with Crippen LogP contribution in [0.1, 0.15) is 24.2 Å². The molecule has 30 heavy (non-hydrogen) atoms. The lowest BCUT2D eigenvalue weighted by molar-refractivity contribution is 0.198. The zero-order valence-electron chi connectivity index (χ0n) is 16.6. The maximum Gasteiger partial charge on any atom is 0.218 e. The summed E-state index contributed by atoms with van der Waals surface area (Å²) in [5.41, 5.74) is 1.96. The molecule has 5 rings (SSSR count). The molecule has 0 bridgehead atoms. The molecule has 0 aliphatic carbocycles. The zero-order chi connectivity index (χ0) is 20.5. The maximum absolute atomic E-state index is 14.2. The highest BCUT2D eigenvalue weighted by Crippen LogP contribution is 2.33. The first kappa shape index (κ1) is 18.8. The largest absolute Gasteiger partial charge is 0.493 e. The van der Waals surface area contributed by atoms with E-state index < -0.39 is 5.95 Å². The van der Waals surface area contributed by atoms with Crippen LogP contribution in [-0.2, 0) is 6.42 Å². The fraction of sp³-hybridized carbons (Fsp3) is 0.381. The van der Waals surface area contributed by atoms with E-state index in [1.54, 1.807) is 18.5 Å². The van der Waals surface area contributed by atoms with Crippen molar-refractivity contribution in [2.75, 3.05) is 31.1 Å². The maximum atomic E-state index is 14.2. The summed E-state index contributed by atoms with van der Waals surface area (Å²) in [5, 5.41) is 3.21. The van der Waals surface area contributed by atoms with E-state index in [0.29, 0.717) is 48.7 Å². The average Bonchev–Trinajstić information content (AvgIpc) is 2.73. The van der Waals surface area contributed by atoms with Crippen LogP contribution in [0, 0.1) is 11.9 Å². The molecule has 5 heterocycles. The quantitative estimate of drug-likeness (QED) is 0.644. The number of hydrogen-bond donors (Lipinski definition) is 1. The van der Waals surface area contributed by atoms with E-state index in [4.69, 9.17) is 4.74 Å². The Balaban J connectivity index is 1.38. The molecule has 1 unspecified atom stereocenters. The number of fused-ring (bicyclic) bond motifs is 1. The van der Waals surface area contributed by atoms with Crippen LogP contribution in [0.2, 0.25) is 0 Å². The van der Waals surface area contributed by atoms with E-state index in [0.717, 1.165) is 24.3 Å². The number of nitrogens with one attached hydrogen (secondary N) is 1. The Labute approximate surface area is 173 Å². The van der Waals surface area contributed by atoms with E-state index in [1.807, 2.05) is 19.2 Å². The van der Waals surface area contributed by atoms with Gasteiger partial charge in [0.2, 0.25) is 5.95 Å². The fourth-order valence-corrected chi connectivity index (χ4v) is 3.77. The highest BCUT2D eigenvalue weighted by Gasteiger charge is 2.28. The Morgan fingerprint density at radius 1 is 1.13 bits per heavy atom. The van der Waals surface area contributed by atoms with Crippen molar-refractivity contribution >= 4 is 5.82 Å². The molecule has 0 saturated carbocycles. The van der Waals surface area contributed by atoms with Crippen molar-refractivity contribution in [1.29, 1.82) is 0 Å². The van der Waals surface area contributed by atoms with E-state index in [1.165, 1.54) is 6.07 Å². The molecule has 0 spiro atoms. The SMILES string of the molecule is CC1c2cnc(-c3ncccn3)nc2CCN1c1cc(OCC2CNC2)cc(F)n1. The summed E-state index contributed by atoms with van der Waals surface area (Å²) in [6.07, 6.45) is 5.85. The summed E-state index contributed by atoms with van der Waals surface area (Å²) < 4.78 is 20.0. The molecule has 2 aliphatic rings. The van der Waals surface area contributed by atoms with Gasteiger partial charge >= 0.3 is 0 Å². The van der Waals surface area contributed by atoms with Gasteiger partial charge in [-0.15, -0.1) is 0 Å². The molecule has 9 heteroatoms. The normalized spacial score (nSPS) is 18.6. The molecule has 3 aromatic heterocycles. The second kappa shape index (κ2) is 7.91. The summed E-state index contributed by atoms with van der Waals surface area (Å²) >= 11 is 0. The number of ether oxygens (including phenoxy) is 1. The molecular formula is C21H22FN7O. The lowest BCUT2D eigenvalue weighted by Gasteiger charge is -2.35. The van der Waals surface area contributed by atoms with Crippen molar-refractivity contribution in [3.8, 4) is 17.4 Å². The molecule has 1 fully saturated rings. The standard InChI is InChI=1S/C21H22FN7O/c1-13-16-11-26-21(20-24-4-2-5-25-20)27-17(16)3-6-29(13)19-8-15(7-18(22)28-19)30-12-14-9-23-10-14/h2,4-5,7-8,11,13-14,23H,3,6,9-10,12H2,1H3. The van der Waals surface area contributed by atoms with Gasteiger partial charge in [-0.2, -0.15) is 4.39 Å². The van der Waals surface area contributed by atoms with Crippen LogP contribution in [0.25, 0.3) is 11.6 Å². The van der Waals surface area contributed by atoms with Crippen LogP contribution in [-0.4, -0.2) is 51.2 Å². The van der Waals surface area contributed by atoms with Gasteiger partial charge in [0, 0.05) is 68.3 Å². The third-order valence-corrected chi connectivity index (χ3v) is 5.57. The summed E-state index contributed by atoms with van der Waals surface area (Å²) in [4.78, 5) is 23.7. The van der Waals surface area contributed by atoms with Crippen molar-refractivity contribution in [3.63, 3.8) is 0 Å². The molecule has 1 atom stereocenters. The van der Waals surface area contributed by atoms with E-state index in [-0.39, 0.29) is 6.04 Å². The zero-order valence-corrected chi connectivity index (χ0v) is 16.6. The molecule has 0 radical (unpaired) electrons. The molecular weight excluding hydrogens is 385 g/mol. The first-order valence-electron chi connectivity index (χ1n) is 10.1. The highest BCUT2D eigenvalue weighted by molar-refractivity contribution is 5.50. The first-order valence-corrected chi connectivity index (χ1v) is 10.1. The Kier molecular flexibility index (Phi) is 4.96. The van der Waals surface area contributed by atoms with Crippen molar-refractivity contribution in [2.45, 2.75) is 19.4 Å². The second-order valence-electron chi connectivity index (χ2n) is 7.61. The molecule has 3 aromatic rings. The number of aromatic nitrogens is 5. The number of anilines is 1. The number of pyridine rings is 1. The van der Waals surface area contributed by atoms with Gasteiger partial charge in [-0.1, -0.05) is 0 Å². The second-order valence-corrected chi connectivity index (χ2v) is 7.61. The third kappa shape index (κ3) is 3.68. The van der Waals surface area contributed by atoms with Crippen molar-refractivity contribution in [1.82, 2.24) is 30.2 Å². The minimum absolute atomic E-state index is 0.0440. The van der Waals surface area contributed by atoms with Gasteiger partial charge in [0.05, 0.1) is 18.3 Å². The van der Waals surface area contributed by atoms with E-state index >= 15 is 0 Å². The number of hydrogen-bond acceptors (Lipinski definition) is 8. The summed E-state index contributed by atoms with van der Waals surface area (Å²) in [5.74, 6) is 2.02. The van der Waals surface area contributed by atoms with Crippen LogP contribution in [0.3, 0.4) is 0 Å². The Morgan fingerprint density at radius 2 is 1.97 bits per heavy atom. The van der Waals surface area contributed by atoms with Crippen molar-refractivity contribution in [3.05, 3.63) is 54.0 Å². The van der Waals surface area contributed by atoms with Crippen LogP contribution < -0.4 is 15.0 Å². The Morgan fingerprint density at radius 3 is 2.73 bits per heavy atom. The van der Waals surface area contributed by atoms with Gasteiger partial charge < -0.3 is 15.0 Å². The average molecular weight is 407 g/mol. The molecule has 154 valence electrons. The lowest BCUT2D eigenvalue weighted by atomic mass is 9.99. The minimum atomic E-state index is -0.542. The Hall–Kier alpha value is -3.20.